The Hall–Kier alpha value is -2.60. The van der Waals surface area contributed by atoms with E-state index in [1.807, 2.05) is 6.07 Å². The number of carboxylic acid groups (broad SMARTS) is 1. The molecule has 0 unspecified atom stereocenters. The molecular weight excluding hydrogens is 294 g/mol. The molecule has 0 aliphatic carbocycles. The third-order valence-electron chi connectivity index (χ3n) is 2.54. The first-order valence-corrected chi connectivity index (χ1v) is 6.80. The zero-order chi connectivity index (χ0) is 15.2. The molecule has 0 spiro atoms. The Morgan fingerprint density at radius 1 is 1.57 bits per heavy atom. The smallest absolute Gasteiger partial charge is 0.325 e. The summed E-state index contributed by atoms with van der Waals surface area (Å²) in [5.74, 6) is 0.0205. The summed E-state index contributed by atoms with van der Waals surface area (Å²) in [6.07, 6.45) is 0. The van der Waals surface area contributed by atoms with Crippen LogP contribution >= 0.6 is 11.8 Å². The minimum atomic E-state index is -1.01. The minimum absolute atomic E-state index is 0.286. The van der Waals surface area contributed by atoms with Gasteiger partial charge in [-0.25, -0.2) is 4.68 Å². The van der Waals surface area contributed by atoms with Gasteiger partial charge in [-0.3, -0.25) is 4.79 Å². The average Bonchev–Trinajstić information content (AvgIpc) is 2.91. The third kappa shape index (κ3) is 3.70. The van der Waals surface area contributed by atoms with Gasteiger partial charge in [-0.2, -0.15) is 5.26 Å². The van der Waals surface area contributed by atoms with E-state index < -0.39 is 5.97 Å². The quantitative estimate of drug-likeness (QED) is 0.784. The fourth-order valence-corrected chi connectivity index (χ4v) is 2.41. The second-order valence-electron chi connectivity index (χ2n) is 3.95. The number of hydrogen-bond donors (Lipinski definition) is 1. The van der Waals surface area contributed by atoms with Crippen LogP contribution in [0.4, 0.5) is 0 Å². The van der Waals surface area contributed by atoms with Crippen molar-refractivity contribution in [3.63, 3.8) is 0 Å². The van der Waals surface area contributed by atoms with Crippen LogP contribution in [0, 0.1) is 11.3 Å². The summed E-state index contributed by atoms with van der Waals surface area (Å²) in [6.45, 7) is -0.286. The second kappa shape index (κ2) is 6.71. The number of carboxylic acids is 1. The number of nitriles is 1. The fraction of sp³-hybridized carbons (Fsp3) is 0.250. The molecule has 1 aromatic carbocycles. The number of thioether (sulfide) groups is 1. The first kappa shape index (κ1) is 14.8. The van der Waals surface area contributed by atoms with Gasteiger partial charge in [0, 0.05) is 5.75 Å². The van der Waals surface area contributed by atoms with Gasteiger partial charge in [0.2, 0.25) is 5.16 Å². The fourth-order valence-electron chi connectivity index (χ4n) is 1.59. The van der Waals surface area contributed by atoms with E-state index in [4.69, 9.17) is 15.1 Å². The molecule has 0 saturated heterocycles. The van der Waals surface area contributed by atoms with Crippen molar-refractivity contribution < 1.29 is 14.6 Å². The lowest BCUT2D eigenvalue weighted by Crippen LogP contribution is -2.11. The highest BCUT2D eigenvalue weighted by Crippen LogP contribution is 2.25. The van der Waals surface area contributed by atoms with Crippen LogP contribution in [0.15, 0.2) is 23.4 Å². The molecule has 0 atom stereocenters. The van der Waals surface area contributed by atoms with Crippen LogP contribution in [0.25, 0.3) is 0 Å². The van der Waals surface area contributed by atoms with Crippen molar-refractivity contribution in [2.75, 3.05) is 7.11 Å². The molecule has 0 aliphatic heterocycles. The Bertz CT molecular complexity index is 694. The van der Waals surface area contributed by atoms with Gasteiger partial charge in [0.1, 0.15) is 18.4 Å². The molecule has 2 aromatic rings. The van der Waals surface area contributed by atoms with Gasteiger partial charge in [0.05, 0.1) is 12.7 Å². The van der Waals surface area contributed by atoms with Crippen LogP contribution in [-0.4, -0.2) is 38.4 Å². The molecule has 0 aliphatic rings. The van der Waals surface area contributed by atoms with Crippen molar-refractivity contribution in [2.45, 2.75) is 17.5 Å². The molecule has 8 nitrogen and oxygen atoms in total. The molecule has 2 rings (SSSR count). The lowest BCUT2D eigenvalue weighted by molar-refractivity contribution is -0.138. The number of carbonyl (C=O) groups is 1. The predicted octanol–water partition coefficient (Wildman–Crippen LogP) is 0.930. The van der Waals surface area contributed by atoms with Gasteiger partial charge in [-0.15, -0.1) is 5.10 Å². The molecule has 9 heteroatoms. The number of ether oxygens (including phenoxy) is 1. The summed E-state index contributed by atoms with van der Waals surface area (Å²) in [7, 11) is 1.50. The van der Waals surface area contributed by atoms with E-state index in [-0.39, 0.29) is 6.54 Å². The highest BCUT2D eigenvalue weighted by Gasteiger charge is 2.11. The number of hydrogen-bond acceptors (Lipinski definition) is 7. The largest absolute Gasteiger partial charge is 0.495 e. The molecular formula is C12H11N5O3S. The topological polar surface area (TPSA) is 114 Å². The van der Waals surface area contributed by atoms with Crippen molar-refractivity contribution in [1.82, 2.24) is 20.2 Å². The highest BCUT2D eigenvalue weighted by molar-refractivity contribution is 7.98. The van der Waals surface area contributed by atoms with Crippen LogP contribution in [0.3, 0.4) is 0 Å². The Kier molecular flexibility index (Phi) is 4.73. The number of aromatic nitrogens is 4. The first-order valence-electron chi connectivity index (χ1n) is 5.82. The maximum atomic E-state index is 10.7. The van der Waals surface area contributed by atoms with Crippen molar-refractivity contribution in [3.05, 3.63) is 29.3 Å². The van der Waals surface area contributed by atoms with E-state index >= 15 is 0 Å². The van der Waals surface area contributed by atoms with Crippen LogP contribution in [0.1, 0.15) is 11.1 Å². The van der Waals surface area contributed by atoms with Gasteiger partial charge in [0.15, 0.2) is 0 Å². The molecule has 21 heavy (non-hydrogen) atoms. The molecule has 1 N–H and O–H groups in total. The lowest BCUT2D eigenvalue weighted by Gasteiger charge is -2.06. The molecule has 108 valence electrons. The van der Waals surface area contributed by atoms with Crippen LogP contribution in [0.2, 0.25) is 0 Å². The summed E-state index contributed by atoms with van der Waals surface area (Å²) in [5, 5.41) is 28.9. The molecule has 0 amide bonds. The van der Waals surface area contributed by atoms with E-state index in [0.29, 0.717) is 22.2 Å². The van der Waals surface area contributed by atoms with Crippen LogP contribution in [0.5, 0.6) is 5.75 Å². The molecule has 0 fully saturated rings. The average molecular weight is 305 g/mol. The third-order valence-corrected chi connectivity index (χ3v) is 3.57. The summed E-state index contributed by atoms with van der Waals surface area (Å²) in [4.78, 5) is 10.7. The normalized spacial score (nSPS) is 10.1. The van der Waals surface area contributed by atoms with E-state index in [0.717, 1.165) is 5.56 Å². The number of methoxy groups -OCH3 is 1. The van der Waals surface area contributed by atoms with Gasteiger partial charge < -0.3 is 9.84 Å². The van der Waals surface area contributed by atoms with Crippen LogP contribution in [-0.2, 0) is 17.1 Å². The van der Waals surface area contributed by atoms with Crippen molar-refractivity contribution in [2.24, 2.45) is 0 Å². The Balaban J connectivity index is 2.08. The number of rotatable bonds is 6. The maximum absolute atomic E-state index is 10.7. The number of tetrazole rings is 1. The molecule has 0 radical (unpaired) electrons. The Labute approximate surface area is 124 Å². The summed E-state index contributed by atoms with van der Waals surface area (Å²) >= 11 is 1.31. The molecule has 0 bridgehead atoms. The van der Waals surface area contributed by atoms with E-state index in [9.17, 15) is 4.79 Å². The van der Waals surface area contributed by atoms with Gasteiger partial charge >= 0.3 is 5.97 Å². The van der Waals surface area contributed by atoms with E-state index in [1.54, 1.807) is 18.2 Å². The van der Waals surface area contributed by atoms with Crippen molar-refractivity contribution in [3.8, 4) is 11.8 Å². The number of aliphatic carboxylic acids is 1. The van der Waals surface area contributed by atoms with E-state index in [2.05, 4.69) is 15.5 Å². The van der Waals surface area contributed by atoms with Gasteiger partial charge in [0.25, 0.3) is 0 Å². The Morgan fingerprint density at radius 3 is 3.05 bits per heavy atom. The Morgan fingerprint density at radius 2 is 2.38 bits per heavy atom. The summed E-state index contributed by atoms with van der Waals surface area (Å²) in [6, 6.07) is 7.28. The standard InChI is InChI=1S/C12H11N5O3S/c1-20-10-4-8(2-3-9(10)5-13)7-21-12-14-15-16-17(12)6-11(18)19/h2-4H,6-7H2,1H3,(H,18,19). The molecule has 1 aromatic heterocycles. The zero-order valence-electron chi connectivity index (χ0n) is 11.1. The van der Waals surface area contributed by atoms with Crippen LogP contribution < -0.4 is 4.74 Å². The zero-order valence-corrected chi connectivity index (χ0v) is 11.9. The number of benzene rings is 1. The van der Waals surface area contributed by atoms with E-state index in [1.165, 1.54) is 23.6 Å². The molecule has 1 heterocycles. The maximum Gasteiger partial charge on any atom is 0.325 e. The lowest BCUT2D eigenvalue weighted by atomic mass is 10.1. The molecule has 0 saturated carbocycles. The number of nitrogens with zero attached hydrogens (tertiary/aromatic N) is 5. The first-order chi connectivity index (χ1) is 10.1. The minimum Gasteiger partial charge on any atom is -0.495 e. The predicted molar refractivity (Wildman–Crippen MR) is 72.7 cm³/mol. The van der Waals surface area contributed by atoms with Gasteiger partial charge in [-0.1, -0.05) is 17.8 Å². The SMILES string of the molecule is COc1cc(CSc2nnnn2CC(=O)O)ccc1C#N. The van der Waals surface area contributed by atoms with Gasteiger partial charge in [-0.05, 0) is 28.1 Å². The summed E-state index contributed by atoms with van der Waals surface area (Å²) in [5.41, 5.74) is 1.38. The monoisotopic (exact) mass is 305 g/mol. The van der Waals surface area contributed by atoms with Crippen molar-refractivity contribution in [1.29, 1.82) is 5.26 Å². The van der Waals surface area contributed by atoms with Crippen molar-refractivity contribution >= 4 is 17.7 Å². The second-order valence-corrected chi connectivity index (χ2v) is 4.89. The highest BCUT2D eigenvalue weighted by atomic mass is 32.2. The summed E-state index contributed by atoms with van der Waals surface area (Å²) < 4.78 is 6.35.